The molecule has 1 aromatic heterocycles. The maximum Gasteiger partial charge on any atom is 0.281 e. The highest BCUT2D eigenvalue weighted by Gasteiger charge is 2.12. The summed E-state index contributed by atoms with van der Waals surface area (Å²) >= 11 is 1.25. The molecule has 3 aromatic rings. The van der Waals surface area contributed by atoms with E-state index >= 15 is 0 Å². The Labute approximate surface area is 146 Å². The van der Waals surface area contributed by atoms with Crippen LogP contribution in [0.1, 0.15) is 15.2 Å². The molecule has 0 saturated carbocycles. The Hall–Kier alpha value is -3.26. The van der Waals surface area contributed by atoms with Crippen LogP contribution in [0.2, 0.25) is 0 Å². The lowest BCUT2D eigenvalue weighted by Gasteiger charge is -2.00. The normalized spacial score (nSPS) is 10.9. The highest BCUT2D eigenvalue weighted by atomic mass is 32.1. The smallest absolute Gasteiger partial charge is 0.281 e. The van der Waals surface area contributed by atoms with Gasteiger partial charge in [0.1, 0.15) is 5.75 Å². The van der Waals surface area contributed by atoms with Crippen molar-refractivity contribution in [1.82, 2.24) is 5.43 Å². The van der Waals surface area contributed by atoms with Gasteiger partial charge in [-0.3, -0.25) is 14.9 Å². The summed E-state index contributed by atoms with van der Waals surface area (Å²) in [6.45, 7) is 0. The first-order valence-corrected chi connectivity index (χ1v) is 8.04. The molecule has 1 heterocycles. The molecule has 0 atom stereocenters. The quantitative estimate of drug-likeness (QED) is 0.430. The first-order valence-electron chi connectivity index (χ1n) is 7.22. The Bertz CT molecular complexity index is 981. The molecule has 7 nitrogen and oxygen atoms in total. The van der Waals surface area contributed by atoms with Gasteiger partial charge in [-0.2, -0.15) is 5.10 Å². The van der Waals surface area contributed by atoms with Crippen LogP contribution in [0.5, 0.6) is 5.75 Å². The molecule has 0 radical (unpaired) electrons. The van der Waals surface area contributed by atoms with Crippen LogP contribution in [-0.4, -0.2) is 24.2 Å². The molecule has 0 saturated heterocycles. The minimum Gasteiger partial charge on any atom is -0.497 e. The Morgan fingerprint density at radius 3 is 2.88 bits per heavy atom. The lowest BCUT2D eigenvalue weighted by Crippen LogP contribution is -2.16. The second-order valence-corrected chi connectivity index (χ2v) is 6.15. The number of hydrogen-bond donors (Lipinski definition) is 1. The fourth-order valence-electron chi connectivity index (χ4n) is 2.20. The molecule has 0 aliphatic heterocycles. The van der Waals surface area contributed by atoms with E-state index in [-0.39, 0.29) is 11.6 Å². The number of hydrazone groups is 1. The Morgan fingerprint density at radius 1 is 1.28 bits per heavy atom. The second-order valence-electron chi connectivity index (χ2n) is 5.07. The first kappa shape index (κ1) is 16.6. The summed E-state index contributed by atoms with van der Waals surface area (Å²) in [7, 11) is 1.57. The van der Waals surface area contributed by atoms with E-state index in [9.17, 15) is 14.9 Å². The summed E-state index contributed by atoms with van der Waals surface area (Å²) in [4.78, 5) is 22.9. The SMILES string of the molecule is COc1cccc(C=NNC(=O)c2cc3cc([N+](=O)[O-])ccc3s2)c1. The van der Waals surface area contributed by atoms with E-state index in [0.717, 1.165) is 10.3 Å². The summed E-state index contributed by atoms with van der Waals surface area (Å²) in [5.41, 5.74) is 3.23. The third-order valence-corrected chi connectivity index (χ3v) is 4.52. The molecular weight excluding hydrogens is 342 g/mol. The number of nitro groups is 1. The molecule has 0 bridgehead atoms. The molecule has 0 aliphatic rings. The Kier molecular flexibility index (Phi) is 4.71. The number of non-ortho nitro benzene ring substituents is 1. The number of methoxy groups -OCH3 is 1. The van der Waals surface area contributed by atoms with Crippen LogP contribution in [0.25, 0.3) is 10.1 Å². The van der Waals surface area contributed by atoms with Gasteiger partial charge in [-0.1, -0.05) is 12.1 Å². The third kappa shape index (κ3) is 3.81. The molecule has 0 fully saturated rings. The lowest BCUT2D eigenvalue weighted by molar-refractivity contribution is -0.384. The summed E-state index contributed by atoms with van der Waals surface area (Å²) in [6.07, 6.45) is 1.51. The van der Waals surface area contributed by atoms with Gasteiger partial charge < -0.3 is 4.74 Å². The van der Waals surface area contributed by atoms with E-state index in [1.807, 2.05) is 18.2 Å². The van der Waals surface area contributed by atoms with Crippen LogP contribution in [0, 0.1) is 10.1 Å². The topological polar surface area (TPSA) is 93.8 Å². The second kappa shape index (κ2) is 7.10. The molecule has 1 amide bonds. The van der Waals surface area contributed by atoms with Crippen molar-refractivity contribution in [3.05, 3.63) is 69.1 Å². The third-order valence-electron chi connectivity index (χ3n) is 3.41. The fourth-order valence-corrected chi connectivity index (χ4v) is 3.13. The average molecular weight is 355 g/mol. The maximum absolute atomic E-state index is 12.2. The number of benzene rings is 2. The van der Waals surface area contributed by atoms with Crippen LogP contribution in [0.4, 0.5) is 5.69 Å². The van der Waals surface area contributed by atoms with Gasteiger partial charge in [0.2, 0.25) is 0 Å². The van der Waals surface area contributed by atoms with Crippen molar-refractivity contribution in [3.8, 4) is 5.75 Å². The van der Waals surface area contributed by atoms with Crippen LogP contribution < -0.4 is 10.2 Å². The zero-order valence-corrected chi connectivity index (χ0v) is 13.9. The summed E-state index contributed by atoms with van der Waals surface area (Å²) in [6, 6.07) is 13.4. The van der Waals surface area contributed by atoms with Gasteiger partial charge in [0, 0.05) is 22.2 Å². The number of rotatable bonds is 5. The number of amides is 1. The van der Waals surface area contributed by atoms with Crippen molar-refractivity contribution in [2.75, 3.05) is 7.11 Å². The largest absolute Gasteiger partial charge is 0.497 e. The minimum atomic E-state index is -0.463. The average Bonchev–Trinajstić information content (AvgIpc) is 3.05. The van der Waals surface area contributed by atoms with E-state index in [1.54, 1.807) is 25.3 Å². The number of thiophene rings is 1. The van der Waals surface area contributed by atoms with Crippen molar-refractivity contribution in [1.29, 1.82) is 0 Å². The monoisotopic (exact) mass is 355 g/mol. The fraction of sp³-hybridized carbons (Fsp3) is 0.0588. The van der Waals surface area contributed by atoms with Crippen LogP contribution >= 0.6 is 11.3 Å². The number of nitrogens with zero attached hydrogens (tertiary/aromatic N) is 2. The number of fused-ring (bicyclic) bond motifs is 1. The Morgan fingerprint density at radius 2 is 2.12 bits per heavy atom. The zero-order valence-electron chi connectivity index (χ0n) is 13.1. The molecule has 25 heavy (non-hydrogen) atoms. The molecule has 0 spiro atoms. The number of nitro benzene ring substituents is 1. The van der Waals surface area contributed by atoms with Crippen LogP contribution in [0.15, 0.2) is 53.6 Å². The van der Waals surface area contributed by atoms with Gasteiger partial charge in [-0.15, -0.1) is 11.3 Å². The summed E-state index contributed by atoms with van der Waals surface area (Å²) in [5, 5.41) is 15.4. The molecule has 1 N–H and O–H groups in total. The van der Waals surface area contributed by atoms with Crippen molar-refractivity contribution in [3.63, 3.8) is 0 Å². The Balaban J connectivity index is 1.73. The number of carbonyl (C=O) groups is 1. The number of nitrogens with one attached hydrogen (secondary N) is 1. The molecule has 2 aromatic carbocycles. The molecule has 3 rings (SSSR count). The van der Waals surface area contributed by atoms with Crippen LogP contribution in [-0.2, 0) is 0 Å². The number of ether oxygens (including phenoxy) is 1. The lowest BCUT2D eigenvalue weighted by atomic mass is 10.2. The molecule has 8 heteroatoms. The van der Waals surface area contributed by atoms with Crippen molar-refractivity contribution >= 4 is 39.2 Å². The molecule has 0 aliphatic carbocycles. The van der Waals surface area contributed by atoms with E-state index < -0.39 is 4.92 Å². The van der Waals surface area contributed by atoms with Crippen molar-refractivity contribution in [2.24, 2.45) is 5.10 Å². The van der Waals surface area contributed by atoms with E-state index in [4.69, 9.17) is 4.74 Å². The minimum absolute atomic E-state index is 0.00620. The molecule has 126 valence electrons. The van der Waals surface area contributed by atoms with E-state index in [2.05, 4.69) is 10.5 Å². The highest BCUT2D eigenvalue weighted by molar-refractivity contribution is 7.20. The van der Waals surface area contributed by atoms with Crippen molar-refractivity contribution in [2.45, 2.75) is 0 Å². The number of hydrogen-bond acceptors (Lipinski definition) is 6. The van der Waals surface area contributed by atoms with Gasteiger partial charge in [0.25, 0.3) is 11.6 Å². The van der Waals surface area contributed by atoms with Gasteiger partial charge >= 0.3 is 0 Å². The molecule has 0 unspecified atom stereocenters. The zero-order chi connectivity index (χ0) is 17.8. The van der Waals surface area contributed by atoms with E-state index in [0.29, 0.717) is 16.0 Å². The van der Waals surface area contributed by atoms with E-state index in [1.165, 1.54) is 29.7 Å². The summed E-state index contributed by atoms with van der Waals surface area (Å²) < 4.78 is 5.92. The van der Waals surface area contributed by atoms with Gasteiger partial charge in [-0.05, 0) is 29.8 Å². The maximum atomic E-state index is 12.2. The predicted molar refractivity (Wildman–Crippen MR) is 96.5 cm³/mol. The van der Waals surface area contributed by atoms with Crippen molar-refractivity contribution < 1.29 is 14.5 Å². The number of carbonyl (C=O) groups excluding carboxylic acids is 1. The molecular formula is C17H13N3O4S. The summed E-state index contributed by atoms with van der Waals surface area (Å²) in [5.74, 6) is 0.323. The highest BCUT2D eigenvalue weighted by Crippen LogP contribution is 2.28. The van der Waals surface area contributed by atoms with Gasteiger partial charge in [0.15, 0.2) is 0 Å². The predicted octanol–water partition coefficient (Wildman–Crippen LogP) is 3.58. The van der Waals surface area contributed by atoms with Gasteiger partial charge in [0.05, 0.1) is 23.1 Å². The van der Waals surface area contributed by atoms with Crippen LogP contribution in [0.3, 0.4) is 0 Å². The first-order chi connectivity index (χ1) is 12.1. The van der Waals surface area contributed by atoms with Gasteiger partial charge in [-0.25, -0.2) is 5.43 Å². The standard InChI is InChI=1S/C17H13N3O4S/c1-24-14-4-2-3-11(7-14)10-18-19-17(21)16-9-12-8-13(20(22)23)5-6-15(12)25-16/h2-10H,1H3,(H,19,21).